The fourth-order valence-electron chi connectivity index (χ4n) is 3.53. The van der Waals surface area contributed by atoms with Crippen molar-refractivity contribution >= 4 is 28.7 Å². The number of aromatic amines is 1. The quantitative estimate of drug-likeness (QED) is 0.624. The van der Waals surface area contributed by atoms with E-state index in [0.29, 0.717) is 12.1 Å². The van der Waals surface area contributed by atoms with E-state index in [1.807, 2.05) is 18.3 Å². The second-order valence-corrected chi connectivity index (χ2v) is 6.84. The first kappa shape index (κ1) is 18.0. The predicted octanol–water partition coefficient (Wildman–Crippen LogP) is 1.47. The van der Waals surface area contributed by atoms with Crippen LogP contribution in [0.15, 0.2) is 48.9 Å². The molecule has 0 aliphatic carbocycles. The number of fused-ring (bicyclic) bond motifs is 1. The second-order valence-electron chi connectivity index (χ2n) is 6.84. The van der Waals surface area contributed by atoms with Crippen LogP contribution < -0.4 is 15.5 Å². The molecule has 0 unspecified atom stereocenters. The molecule has 3 heterocycles. The first-order valence-electron chi connectivity index (χ1n) is 9.36. The maximum Gasteiger partial charge on any atom is 0.251 e. The molecule has 8 heteroatoms. The zero-order valence-corrected chi connectivity index (χ0v) is 15.4. The fourth-order valence-corrected chi connectivity index (χ4v) is 3.53. The number of nitrogens with zero attached hydrogens (tertiary/aromatic N) is 3. The Balaban J connectivity index is 1.33. The largest absolute Gasteiger partial charge is 0.354 e. The summed E-state index contributed by atoms with van der Waals surface area (Å²) in [5, 5.41) is 6.66. The number of carbonyl (C=O) groups is 2. The van der Waals surface area contributed by atoms with E-state index in [2.05, 4.69) is 30.5 Å². The summed E-state index contributed by atoms with van der Waals surface area (Å²) in [7, 11) is 0. The van der Waals surface area contributed by atoms with Gasteiger partial charge in [0.2, 0.25) is 5.91 Å². The molecule has 1 fully saturated rings. The lowest BCUT2D eigenvalue weighted by Crippen LogP contribution is -2.50. The van der Waals surface area contributed by atoms with Gasteiger partial charge in [-0.15, -0.1) is 0 Å². The SMILES string of the molecule is O=C(CNC(=O)c1ccccc1)N[C@H]1CCCN(c2ncnc3[nH]ccc23)C1. The predicted molar refractivity (Wildman–Crippen MR) is 106 cm³/mol. The minimum Gasteiger partial charge on any atom is -0.354 e. The summed E-state index contributed by atoms with van der Waals surface area (Å²) in [6, 6.07) is 10.8. The van der Waals surface area contributed by atoms with Crippen LogP contribution in [0.5, 0.6) is 0 Å². The summed E-state index contributed by atoms with van der Waals surface area (Å²) in [6.07, 6.45) is 5.25. The van der Waals surface area contributed by atoms with E-state index in [1.165, 1.54) is 0 Å². The zero-order valence-electron chi connectivity index (χ0n) is 15.4. The Morgan fingerprint density at radius 1 is 1.18 bits per heavy atom. The summed E-state index contributed by atoms with van der Waals surface area (Å²) in [5.74, 6) is 0.435. The van der Waals surface area contributed by atoms with Gasteiger partial charge in [0.15, 0.2) is 0 Å². The van der Waals surface area contributed by atoms with Crippen LogP contribution in [0, 0.1) is 0 Å². The Bertz CT molecular complexity index is 971. The van der Waals surface area contributed by atoms with E-state index in [1.54, 1.807) is 30.6 Å². The molecule has 1 saturated heterocycles. The van der Waals surface area contributed by atoms with Crippen LogP contribution in [-0.4, -0.2) is 52.4 Å². The molecule has 0 spiro atoms. The number of aromatic nitrogens is 3. The molecule has 3 N–H and O–H groups in total. The number of nitrogens with one attached hydrogen (secondary N) is 3. The number of carbonyl (C=O) groups excluding carboxylic acids is 2. The Labute approximate surface area is 162 Å². The smallest absolute Gasteiger partial charge is 0.251 e. The highest BCUT2D eigenvalue weighted by atomic mass is 16.2. The standard InChI is InChI=1S/C20H22N6O2/c27-17(11-22-20(28)14-5-2-1-3-6-14)25-15-7-4-10-26(12-15)19-16-8-9-21-18(16)23-13-24-19/h1-3,5-6,8-9,13,15H,4,7,10-12H2,(H,22,28)(H,25,27)(H,21,23,24)/t15-/m0/s1. The maximum atomic E-state index is 12.3. The van der Waals surface area contributed by atoms with Gasteiger partial charge < -0.3 is 20.5 Å². The monoisotopic (exact) mass is 378 g/mol. The highest BCUT2D eigenvalue weighted by Crippen LogP contribution is 2.24. The van der Waals surface area contributed by atoms with E-state index in [0.717, 1.165) is 36.2 Å². The molecule has 8 nitrogen and oxygen atoms in total. The molecule has 1 aliphatic heterocycles. The molecule has 0 saturated carbocycles. The molecular formula is C20H22N6O2. The molecule has 3 aromatic rings. The lowest BCUT2D eigenvalue weighted by atomic mass is 10.1. The van der Waals surface area contributed by atoms with Gasteiger partial charge in [-0.3, -0.25) is 9.59 Å². The van der Waals surface area contributed by atoms with Crippen molar-refractivity contribution in [2.75, 3.05) is 24.5 Å². The van der Waals surface area contributed by atoms with Crippen LogP contribution in [0.1, 0.15) is 23.2 Å². The van der Waals surface area contributed by atoms with Gasteiger partial charge in [-0.25, -0.2) is 9.97 Å². The van der Waals surface area contributed by atoms with Crippen LogP contribution in [0.4, 0.5) is 5.82 Å². The molecule has 4 rings (SSSR count). The molecular weight excluding hydrogens is 356 g/mol. The van der Waals surface area contributed by atoms with Gasteiger partial charge in [0.1, 0.15) is 17.8 Å². The Morgan fingerprint density at radius 2 is 2.04 bits per heavy atom. The van der Waals surface area contributed by atoms with Crippen LogP contribution in [0.25, 0.3) is 11.0 Å². The van der Waals surface area contributed by atoms with Gasteiger partial charge in [0.05, 0.1) is 11.9 Å². The minimum absolute atomic E-state index is 0.0128. The van der Waals surface area contributed by atoms with Crippen molar-refractivity contribution in [2.24, 2.45) is 0 Å². The summed E-state index contributed by atoms with van der Waals surface area (Å²) in [6.45, 7) is 1.52. The number of benzene rings is 1. The molecule has 0 radical (unpaired) electrons. The third kappa shape index (κ3) is 3.95. The van der Waals surface area contributed by atoms with Crippen molar-refractivity contribution < 1.29 is 9.59 Å². The Kier molecular flexibility index (Phi) is 5.18. The lowest BCUT2D eigenvalue weighted by molar-refractivity contribution is -0.120. The van der Waals surface area contributed by atoms with Crippen molar-refractivity contribution in [2.45, 2.75) is 18.9 Å². The normalized spacial score (nSPS) is 16.7. The molecule has 0 bridgehead atoms. The average Bonchev–Trinajstić information content (AvgIpc) is 3.22. The molecule has 1 atom stereocenters. The van der Waals surface area contributed by atoms with Gasteiger partial charge in [-0.05, 0) is 31.0 Å². The minimum atomic E-state index is -0.253. The summed E-state index contributed by atoms with van der Waals surface area (Å²) < 4.78 is 0. The van der Waals surface area contributed by atoms with Gasteiger partial charge in [-0.2, -0.15) is 0 Å². The Hall–Kier alpha value is -3.42. The van der Waals surface area contributed by atoms with Crippen molar-refractivity contribution in [3.8, 4) is 0 Å². The fraction of sp³-hybridized carbons (Fsp3) is 0.300. The number of H-pyrrole nitrogens is 1. The van der Waals surface area contributed by atoms with Crippen LogP contribution in [0.3, 0.4) is 0 Å². The molecule has 144 valence electrons. The highest BCUT2D eigenvalue weighted by molar-refractivity contribution is 5.96. The van der Waals surface area contributed by atoms with E-state index in [4.69, 9.17) is 0 Å². The number of rotatable bonds is 5. The first-order chi connectivity index (χ1) is 13.7. The average molecular weight is 378 g/mol. The lowest BCUT2D eigenvalue weighted by Gasteiger charge is -2.34. The number of hydrogen-bond donors (Lipinski definition) is 3. The highest BCUT2D eigenvalue weighted by Gasteiger charge is 2.24. The Morgan fingerprint density at radius 3 is 2.89 bits per heavy atom. The number of amides is 2. The molecule has 1 aromatic carbocycles. The third-order valence-electron chi connectivity index (χ3n) is 4.86. The van der Waals surface area contributed by atoms with Gasteiger partial charge in [-0.1, -0.05) is 18.2 Å². The van der Waals surface area contributed by atoms with E-state index < -0.39 is 0 Å². The number of anilines is 1. The third-order valence-corrected chi connectivity index (χ3v) is 4.86. The molecule has 1 aliphatic rings. The van der Waals surface area contributed by atoms with Gasteiger partial charge >= 0.3 is 0 Å². The van der Waals surface area contributed by atoms with Crippen LogP contribution in [0.2, 0.25) is 0 Å². The van der Waals surface area contributed by atoms with Crippen molar-refractivity contribution in [1.29, 1.82) is 0 Å². The van der Waals surface area contributed by atoms with E-state index >= 15 is 0 Å². The number of hydrogen-bond acceptors (Lipinski definition) is 5. The summed E-state index contributed by atoms with van der Waals surface area (Å²) in [4.78, 5) is 38.3. The van der Waals surface area contributed by atoms with E-state index in [9.17, 15) is 9.59 Å². The van der Waals surface area contributed by atoms with Gasteiger partial charge in [0, 0.05) is 30.9 Å². The zero-order chi connectivity index (χ0) is 19.3. The second kappa shape index (κ2) is 8.08. The summed E-state index contributed by atoms with van der Waals surface area (Å²) in [5.41, 5.74) is 1.35. The molecule has 28 heavy (non-hydrogen) atoms. The van der Waals surface area contributed by atoms with E-state index in [-0.39, 0.29) is 24.4 Å². The van der Waals surface area contributed by atoms with Gasteiger partial charge in [0.25, 0.3) is 5.91 Å². The van der Waals surface area contributed by atoms with Crippen molar-refractivity contribution in [3.05, 3.63) is 54.5 Å². The summed E-state index contributed by atoms with van der Waals surface area (Å²) >= 11 is 0. The molecule has 2 aromatic heterocycles. The number of piperidine rings is 1. The van der Waals surface area contributed by atoms with Crippen molar-refractivity contribution in [1.82, 2.24) is 25.6 Å². The van der Waals surface area contributed by atoms with Crippen LogP contribution >= 0.6 is 0 Å². The first-order valence-corrected chi connectivity index (χ1v) is 9.36. The molecule has 2 amide bonds. The van der Waals surface area contributed by atoms with Crippen molar-refractivity contribution in [3.63, 3.8) is 0 Å². The topological polar surface area (TPSA) is 103 Å². The maximum absolute atomic E-state index is 12.3. The van der Waals surface area contributed by atoms with Crippen LogP contribution in [-0.2, 0) is 4.79 Å².